The number of hydrogen-bond donors (Lipinski definition) is 0. The largest absolute Gasteiger partial charge is 0.450 e. The van der Waals surface area contributed by atoms with Gasteiger partial charge in [-0.05, 0) is 34.8 Å². The van der Waals surface area contributed by atoms with Gasteiger partial charge in [0.1, 0.15) is 7.59 Å². The van der Waals surface area contributed by atoms with Gasteiger partial charge in [0.05, 0.1) is 11.8 Å². The van der Waals surface area contributed by atoms with Crippen LogP contribution in [-0.4, -0.2) is 52.2 Å². The first-order valence-electron chi connectivity index (χ1n) is 13.4. The van der Waals surface area contributed by atoms with E-state index in [0.29, 0.717) is 0 Å². The van der Waals surface area contributed by atoms with Gasteiger partial charge in [0.25, 0.3) is 7.35 Å². The third-order valence-corrected chi connectivity index (χ3v) is 148. The van der Waals surface area contributed by atoms with Crippen LogP contribution in [0.1, 0.15) is 62.3 Å². The van der Waals surface area contributed by atoms with E-state index in [0.717, 1.165) is 0 Å². The molecular formula is C25H63NOSi7. The van der Waals surface area contributed by atoms with Gasteiger partial charge < -0.3 is 4.12 Å². The lowest BCUT2D eigenvalue weighted by Gasteiger charge is -2.74. The average Bonchev–Trinajstić information content (AvgIpc) is 2.35. The van der Waals surface area contributed by atoms with Crippen molar-refractivity contribution in [3.05, 3.63) is 0 Å². The summed E-state index contributed by atoms with van der Waals surface area (Å²) in [5.74, 6) is 0. The van der Waals surface area contributed by atoms with Crippen molar-refractivity contribution in [3.8, 4) is 5.69 Å². The maximum absolute atomic E-state index is 12.0. The van der Waals surface area contributed by atoms with Crippen molar-refractivity contribution in [3.63, 3.8) is 0 Å². The zero-order valence-electron chi connectivity index (χ0n) is 27.4. The summed E-state index contributed by atoms with van der Waals surface area (Å²) in [6.07, 6.45) is -2.19. The Labute approximate surface area is 222 Å². The van der Waals surface area contributed by atoms with Crippen LogP contribution in [0.2, 0.25) is 93.7 Å². The highest BCUT2D eigenvalue weighted by Gasteiger charge is 2.86. The first kappa shape index (κ1) is 35.0. The zero-order valence-corrected chi connectivity index (χ0v) is 34.4. The summed E-state index contributed by atoms with van der Waals surface area (Å²) in [7, 11) is -12.8. The molecule has 0 aliphatic carbocycles. The lowest BCUT2D eigenvalue weighted by Crippen LogP contribution is -3.02. The van der Waals surface area contributed by atoms with Gasteiger partial charge in [-0.1, -0.05) is 121 Å². The molecule has 0 aromatic rings. The van der Waals surface area contributed by atoms with Gasteiger partial charge in [-0.3, -0.25) is 0 Å². The Bertz CT molecular complexity index is 646. The first-order valence-corrected chi connectivity index (χ1v) is 38.2. The Morgan fingerprint density at radius 2 is 0.735 bits per heavy atom. The SMILES string of the molecule is CC(C)(C)[Si](C(C)(C)C)(C(C)(C)C)[Si](C#N)(O[Si](C)(C)C)[Si]([Si](C)(C)C)([Si](C)(C)C)[Si](C)(C)C. The highest BCUT2D eigenvalue weighted by molar-refractivity contribution is 8.13. The molecule has 1 unspecified atom stereocenters. The number of rotatable bonds is 7. The molecule has 0 bridgehead atoms. The van der Waals surface area contributed by atoms with Gasteiger partial charge in [-0.2, -0.15) is 0 Å². The van der Waals surface area contributed by atoms with Crippen molar-refractivity contribution < 1.29 is 4.12 Å². The maximum Gasteiger partial charge on any atom is 0.259 e. The normalized spacial score (nSPS) is 17.9. The molecule has 0 aromatic heterocycles. The molecule has 0 aliphatic rings. The van der Waals surface area contributed by atoms with E-state index in [1.165, 1.54) is 0 Å². The van der Waals surface area contributed by atoms with Crippen LogP contribution in [-0.2, 0) is 4.12 Å². The molecule has 1 atom stereocenters. The number of nitriles is 1. The van der Waals surface area contributed by atoms with Crippen molar-refractivity contribution in [2.45, 2.75) is 156 Å². The number of hydrogen-bond acceptors (Lipinski definition) is 2. The monoisotopic (exact) mass is 589 g/mol. The Kier molecular flexibility index (Phi) is 9.58. The number of nitrogens with zero attached hydrogens (tertiary/aromatic N) is 1. The molecule has 0 radical (unpaired) electrons. The highest BCUT2D eigenvalue weighted by atomic mass is 30.2. The van der Waals surface area contributed by atoms with Crippen molar-refractivity contribution in [1.82, 2.24) is 0 Å². The van der Waals surface area contributed by atoms with Gasteiger partial charge in [-0.25, -0.2) is 5.26 Å². The Morgan fingerprint density at radius 3 is 0.853 bits per heavy atom. The van der Waals surface area contributed by atoms with E-state index in [2.05, 4.69) is 147 Å². The second kappa shape index (κ2) is 9.31. The molecule has 0 N–H and O–H groups in total. The molecule has 0 spiro atoms. The molecule has 0 rings (SSSR count). The lowest BCUT2D eigenvalue weighted by molar-refractivity contribution is 0.522. The van der Waals surface area contributed by atoms with Crippen LogP contribution < -0.4 is 0 Å². The topological polar surface area (TPSA) is 33.0 Å². The summed E-state index contributed by atoms with van der Waals surface area (Å²) < 4.78 is 8.01. The smallest absolute Gasteiger partial charge is 0.259 e. The van der Waals surface area contributed by atoms with Crippen LogP contribution in [0.3, 0.4) is 0 Å². The summed E-state index contributed by atoms with van der Waals surface area (Å²) in [6.45, 7) is 53.9. The third kappa shape index (κ3) is 5.01. The molecule has 0 aliphatic heterocycles. The van der Waals surface area contributed by atoms with Gasteiger partial charge >= 0.3 is 0 Å². The van der Waals surface area contributed by atoms with Crippen LogP contribution in [0.4, 0.5) is 0 Å². The molecule has 0 fully saturated rings. The fourth-order valence-electron chi connectivity index (χ4n) is 11.0. The van der Waals surface area contributed by atoms with Gasteiger partial charge in [0.15, 0.2) is 8.32 Å². The quantitative estimate of drug-likeness (QED) is 0.277. The van der Waals surface area contributed by atoms with E-state index in [4.69, 9.17) is 4.12 Å². The van der Waals surface area contributed by atoms with Gasteiger partial charge in [0.2, 0.25) is 0 Å². The summed E-state index contributed by atoms with van der Waals surface area (Å²) in [5, 5.41) is 12.3. The van der Waals surface area contributed by atoms with Crippen molar-refractivity contribution in [2.75, 3.05) is 0 Å². The average molecular weight is 590 g/mol. The molecule has 0 heterocycles. The second-order valence-electron chi connectivity index (χ2n) is 18.0. The van der Waals surface area contributed by atoms with E-state index < -0.39 is 52.2 Å². The minimum absolute atomic E-state index is 0.0717. The van der Waals surface area contributed by atoms with Crippen LogP contribution in [0.15, 0.2) is 0 Å². The summed E-state index contributed by atoms with van der Waals surface area (Å²) in [4.78, 5) is 0. The Balaban J connectivity index is 9.14. The van der Waals surface area contributed by atoms with E-state index in [1.54, 1.807) is 0 Å². The molecule has 9 heteroatoms. The van der Waals surface area contributed by atoms with Crippen LogP contribution in [0.5, 0.6) is 0 Å². The molecule has 202 valence electrons. The molecular weight excluding hydrogens is 527 g/mol. The lowest BCUT2D eigenvalue weighted by atomic mass is 10.2. The van der Waals surface area contributed by atoms with Gasteiger partial charge in [-0.15, -0.1) is 0 Å². The minimum atomic E-state index is -2.95. The summed E-state index contributed by atoms with van der Waals surface area (Å²) in [6, 6.07) is 0. The highest BCUT2D eigenvalue weighted by Crippen LogP contribution is 2.68. The predicted octanol–water partition coefficient (Wildman–Crippen LogP) is 9.55. The van der Waals surface area contributed by atoms with Crippen LogP contribution >= 0.6 is 0 Å². The predicted molar refractivity (Wildman–Crippen MR) is 176 cm³/mol. The van der Waals surface area contributed by atoms with Crippen molar-refractivity contribution in [1.29, 1.82) is 5.26 Å². The first-order chi connectivity index (χ1) is 14.3. The molecule has 0 saturated heterocycles. The van der Waals surface area contributed by atoms with E-state index in [1.807, 2.05) is 0 Å². The van der Waals surface area contributed by atoms with Crippen LogP contribution in [0.25, 0.3) is 0 Å². The van der Waals surface area contributed by atoms with Crippen molar-refractivity contribution in [2.24, 2.45) is 0 Å². The van der Waals surface area contributed by atoms with Crippen LogP contribution in [0, 0.1) is 11.0 Å². The molecule has 34 heavy (non-hydrogen) atoms. The molecule has 0 amide bonds. The maximum atomic E-state index is 12.0. The van der Waals surface area contributed by atoms with E-state index >= 15 is 0 Å². The Hall–Kier alpha value is 0.968. The zero-order chi connectivity index (χ0) is 28.4. The van der Waals surface area contributed by atoms with E-state index in [-0.39, 0.29) is 15.1 Å². The third-order valence-electron chi connectivity index (χ3n) is 8.42. The van der Waals surface area contributed by atoms with E-state index in [9.17, 15) is 5.26 Å². The standard InChI is InChI=1S/C25H63NOSi7/c1-23(2,3)33(24(4,5)6,25(7,8)9)32(22-26,27-28(10,11)12)34(29(13,14)15,30(16,17)18)31(19,20)21/h1-21H3. The van der Waals surface area contributed by atoms with Crippen molar-refractivity contribution >= 4 is 52.2 Å². The molecule has 0 saturated carbocycles. The summed E-state index contributed by atoms with van der Waals surface area (Å²) in [5.41, 5.74) is 3.47. The Morgan fingerprint density at radius 1 is 0.500 bits per heavy atom. The summed E-state index contributed by atoms with van der Waals surface area (Å²) >= 11 is 0. The molecule has 0 aromatic carbocycles. The fourth-order valence-corrected chi connectivity index (χ4v) is 243. The molecule has 2 nitrogen and oxygen atoms in total. The second-order valence-corrected chi connectivity index (χ2v) is 85.1. The fraction of sp³-hybridized carbons (Fsp3) is 0.960. The minimum Gasteiger partial charge on any atom is -0.450 e. The van der Waals surface area contributed by atoms with Gasteiger partial charge in [0, 0.05) is 22.8 Å².